The van der Waals surface area contributed by atoms with E-state index >= 15 is 0 Å². The summed E-state index contributed by atoms with van der Waals surface area (Å²) in [6, 6.07) is 22.5. The molecule has 0 saturated carbocycles. The zero-order valence-electron chi connectivity index (χ0n) is 11.4. The number of carbonyl (C=O) groups excluding carboxylic acids is 1. The molecule has 0 aliphatic rings. The molecule has 3 aromatic carbocycles. The number of aldehydes is 1. The van der Waals surface area contributed by atoms with E-state index < -0.39 is 0 Å². The van der Waals surface area contributed by atoms with Crippen molar-refractivity contribution in [3.05, 3.63) is 83.4 Å². The average molecular weight is 260 g/mol. The van der Waals surface area contributed by atoms with Gasteiger partial charge in [0.2, 0.25) is 0 Å². The third-order valence-electron chi connectivity index (χ3n) is 3.86. The molecule has 3 rings (SSSR count). The number of hydrogen-bond acceptors (Lipinski definition) is 1. The molecule has 1 atom stereocenters. The predicted octanol–water partition coefficient (Wildman–Crippen LogP) is 4.80. The Labute approximate surface area is 118 Å². The van der Waals surface area contributed by atoms with E-state index in [1.54, 1.807) is 0 Å². The van der Waals surface area contributed by atoms with Crippen LogP contribution in [0.25, 0.3) is 10.8 Å². The average Bonchev–Trinajstić information content (AvgIpc) is 2.54. The Kier molecular flexibility index (Phi) is 3.34. The second-order valence-corrected chi connectivity index (χ2v) is 5.04. The van der Waals surface area contributed by atoms with E-state index in [9.17, 15) is 4.79 Å². The van der Waals surface area contributed by atoms with E-state index in [0.29, 0.717) is 0 Å². The Hall–Kier alpha value is -2.41. The number of fused-ring (bicyclic) bond motifs is 1. The third-order valence-corrected chi connectivity index (χ3v) is 3.86. The van der Waals surface area contributed by atoms with Crippen LogP contribution < -0.4 is 0 Å². The molecule has 0 aliphatic heterocycles. The number of carbonyl (C=O) groups is 1. The first-order valence-corrected chi connectivity index (χ1v) is 6.83. The van der Waals surface area contributed by atoms with Crippen LogP contribution in [0.3, 0.4) is 0 Å². The first-order valence-electron chi connectivity index (χ1n) is 6.83. The highest BCUT2D eigenvalue weighted by molar-refractivity contribution is 5.94. The van der Waals surface area contributed by atoms with Gasteiger partial charge >= 0.3 is 0 Å². The van der Waals surface area contributed by atoms with Gasteiger partial charge in [-0.25, -0.2) is 0 Å². The molecule has 98 valence electrons. The molecule has 0 saturated heterocycles. The minimum Gasteiger partial charge on any atom is -0.298 e. The van der Waals surface area contributed by atoms with Crippen molar-refractivity contribution in [2.45, 2.75) is 12.8 Å². The van der Waals surface area contributed by atoms with Crippen molar-refractivity contribution in [2.75, 3.05) is 0 Å². The van der Waals surface area contributed by atoms with Crippen molar-refractivity contribution in [3.8, 4) is 0 Å². The van der Waals surface area contributed by atoms with Crippen LogP contribution in [0.4, 0.5) is 0 Å². The number of rotatable bonds is 3. The lowest BCUT2D eigenvalue weighted by Crippen LogP contribution is -2.01. The molecule has 0 bridgehead atoms. The summed E-state index contributed by atoms with van der Waals surface area (Å²) in [5.74, 6) is 0.197. The van der Waals surface area contributed by atoms with Gasteiger partial charge in [0.05, 0.1) is 0 Å². The van der Waals surface area contributed by atoms with Gasteiger partial charge in [0.25, 0.3) is 0 Å². The van der Waals surface area contributed by atoms with Crippen molar-refractivity contribution in [2.24, 2.45) is 0 Å². The van der Waals surface area contributed by atoms with Crippen LogP contribution in [-0.2, 0) is 0 Å². The van der Waals surface area contributed by atoms with E-state index in [0.717, 1.165) is 22.8 Å². The summed E-state index contributed by atoms with van der Waals surface area (Å²) in [6.45, 7) is 2.16. The fourth-order valence-electron chi connectivity index (χ4n) is 2.81. The topological polar surface area (TPSA) is 17.1 Å². The summed E-state index contributed by atoms with van der Waals surface area (Å²) in [5.41, 5.74) is 3.12. The second kappa shape index (κ2) is 5.30. The second-order valence-electron chi connectivity index (χ2n) is 5.04. The van der Waals surface area contributed by atoms with Gasteiger partial charge in [-0.1, -0.05) is 73.7 Å². The van der Waals surface area contributed by atoms with Crippen LogP contribution in [0.15, 0.2) is 66.7 Å². The van der Waals surface area contributed by atoms with Gasteiger partial charge < -0.3 is 0 Å². The summed E-state index contributed by atoms with van der Waals surface area (Å²) >= 11 is 0. The van der Waals surface area contributed by atoms with Gasteiger partial charge in [0.15, 0.2) is 0 Å². The monoisotopic (exact) mass is 260 g/mol. The molecule has 0 aromatic heterocycles. The van der Waals surface area contributed by atoms with Crippen LogP contribution in [0.2, 0.25) is 0 Å². The van der Waals surface area contributed by atoms with Gasteiger partial charge in [0.1, 0.15) is 6.29 Å². The van der Waals surface area contributed by atoms with E-state index in [-0.39, 0.29) is 5.92 Å². The molecule has 1 heteroatoms. The lowest BCUT2D eigenvalue weighted by molar-refractivity contribution is 0.112. The third kappa shape index (κ3) is 2.12. The van der Waals surface area contributed by atoms with Gasteiger partial charge in [-0.05, 0) is 21.9 Å². The molecule has 1 nitrogen and oxygen atoms in total. The van der Waals surface area contributed by atoms with Crippen molar-refractivity contribution in [3.63, 3.8) is 0 Å². The molecular weight excluding hydrogens is 244 g/mol. The van der Waals surface area contributed by atoms with Crippen LogP contribution >= 0.6 is 0 Å². The summed E-state index contributed by atoms with van der Waals surface area (Å²) in [5, 5.41) is 2.34. The Morgan fingerprint density at radius 3 is 2.30 bits per heavy atom. The van der Waals surface area contributed by atoms with Crippen molar-refractivity contribution in [1.82, 2.24) is 0 Å². The Balaban J connectivity index is 2.26. The van der Waals surface area contributed by atoms with Crippen LogP contribution in [-0.4, -0.2) is 6.29 Å². The predicted molar refractivity (Wildman–Crippen MR) is 83.3 cm³/mol. The molecule has 0 heterocycles. The maximum Gasteiger partial charge on any atom is 0.150 e. The number of hydrogen-bond donors (Lipinski definition) is 0. The first-order chi connectivity index (χ1) is 9.81. The van der Waals surface area contributed by atoms with Gasteiger partial charge in [0, 0.05) is 11.5 Å². The summed E-state index contributed by atoms with van der Waals surface area (Å²) in [6.07, 6.45) is 0.960. The molecule has 0 spiro atoms. The zero-order valence-corrected chi connectivity index (χ0v) is 11.4. The van der Waals surface area contributed by atoms with Crippen LogP contribution in [0.5, 0.6) is 0 Å². The highest BCUT2D eigenvalue weighted by atomic mass is 16.1. The Morgan fingerprint density at radius 1 is 0.850 bits per heavy atom. The lowest BCUT2D eigenvalue weighted by Gasteiger charge is -2.17. The first kappa shape index (κ1) is 12.6. The Morgan fingerprint density at radius 2 is 1.55 bits per heavy atom. The molecule has 0 amide bonds. The normalized spacial score (nSPS) is 12.2. The molecule has 0 fully saturated rings. The summed E-state index contributed by atoms with van der Waals surface area (Å²) in [7, 11) is 0. The standard InChI is InChI=1S/C19H16O/c1-14(15-7-3-2-4-8-15)19-17(13-20)12-11-16-9-5-6-10-18(16)19/h2-14H,1H3. The van der Waals surface area contributed by atoms with Crippen LogP contribution in [0.1, 0.15) is 34.3 Å². The minimum absolute atomic E-state index is 0.197. The van der Waals surface area contributed by atoms with Gasteiger partial charge in [-0.15, -0.1) is 0 Å². The molecule has 0 aliphatic carbocycles. The summed E-state index contributed by atoms with van der Waals surface area (Å²) < 4.78 is 0. The van der Waals surface area contributed by atoms with Gasteiger partial charge in [-0.2, -0.15) is 0 Å². The number of benzene rings is 3. The van der Waals surface area contributed by atoms with E-state index in [4.69, 9.17) is 0 Å². The molecule has 1 unspecified atom stereocenters. The molecular formula is C19H16O. The maximum absolute atomic E-state index is 11.4. The Bertz CT molecular complexity index is 744. The largest absolute Gasteiger partial charge is 0.298 e. The SMILES string of the molecule is CC(c1ccccc1)c1c(C=O)ccc2ccccc12. The zero-order chi connectivity index (χ0) is 13.9. The fraction of sp³-hybridized carbons (Fsp3) is 0.105. The molecule has 20 heavy (non-hydrogen) atoms. The smallest absolute Gasteiger partial charge is 0.150 e. The maximum atomic E-state index is 11.4. The van der Waals surface area contributed by atoms with E-state index in [2.05, 4.69) is 31.2 Å². The van der Waals surface area contributed by atoms with E-state index in [1.165, 1.54) is 10.9 Å². The van der Waals surface area contributed by atoms with E-state index in [1.807, 2.05) is 42.5 Å². The fourth-order valence-corrected chi connectivity index (χ4v) is 2.81. The van der Waals surface area contributed by atoms with Crippen molar-refractivity contribution in [1.29, 1.82) is 0 Å². The molecule has 3 aromatic rings. The highest BCUT2D eigenvalue weighted by Crippen LogP contribution is 2.32. The van der Waals surface area contributed by atoms with Gasteiger partial charge in [-0.3, -0.25) is 4.79 Å². The molecule has 0 radical (unpaired) electrons. The van der Waals surface area contributed by atoms with Crippen molar-refractivity contribution < 1.29 is 4.79 Å². The highest BCUT2D eigenvalue weighted by Gasteiger charge is 2.15. The summed E-state index contributed by atoms with van der Waals surface area (Å²) in [4.78, 5) is 11.4. The molecule has 0 N–H and O–H groups in total. The lowest BCUT2D eigenvalue weighted by atomic mass is 9.86. The quantitative estimate of drug-likeness (QED) is 0.618. The van der Waals surface area contributed by atoms with Crippen LogP contribution in [0, 0.1) is 0 Å². The minimum atomic E-state index is 0.197. The van der Waals surface area contributed by atoms with Crippen molar-refractivity contribution >= 4 is 17.1 Å².